The van der Waals surface area contributed by atoms with Crippen molar-refractivity contribution in [2.24, 2.45) is 4.99 Å². The summed E-state index contributed by atoms with van der Waals surface area (Å²) in [6, 6.07) is 5.04. The zero-order valence-electron chi connectivity index (χ0n) is 13.7. The van der Waals surface area contributed by atoms with Gasteiger partial charge in [-0.15, -0.1) is 0 Å². The zero-order chi connectivity index (χ0) is 17.7. The molecule has 0 atom stereocenters. The van der Waals surface area contributed by atoms with E-state index in [0.29, 0.717) is 33.9 Å². The Hall–Kier alpha value is -2.93. The number of aromatic nitrogens is 1. The van der Waals surface area contributed by atoms with Crippen molar-refractivity contribution in [3.05, 3.63) is 41.2 Å². The maximum Gasteiger partial charge on any atom is 0.221 e. The van der Waals surface area contributed by atoms with Gasteiger partial charge < -0.3 is 20.3 Å². The summed E-state index contributed by atoms with van der Waals surface area (Å²) in [5, 5.41) is 22.2. The molecule has 0 bridgehead atoms. The van der Waals surface area contributed by atoms with Gasteiger partial charge >= 0.3 is 0 Å². The van der Waals surface area contributed by atoms with Gasteiger partial charge in [-0.05, 0) is 25.1 Å². The molecular formula is C17H19N3O4. The normalized spacial score (nSPS) is 10.8. The second kappa shape index (κ2) is 7.56. The molecule has 24 heavy (non-hydrogen) atoms. The van der Waals surface area contributed by atoms with Crippen LogP contribution in [0.4, 0.5) is 11.4 Å². The van der Waals surface area contributed by atoms with E-state index in [0.717, 1.165) is 0 Å². The Labute approximate surface area is 139 Å². The highest BCUT2D eigenvalue weighted by Crippen LogP contribution is 2.31. The molecule has 7 nitrogen and oxygen atoms in total. The number of hydrogen-bond acceptors (Lipinski definition) is 6. The number of rotatable bonds is 5. The second-order valence-corrected chi connectivity index (χ2v) is 5.12. The molecule has 1 amide bonds. The largest absolute Gasteiger partial charge is 0.505 e. The van der Waals surface area contributed by atoms with Crippen molar-refractivity contribution in [3.63, 3.8) is 0 Å². The number of carbonyl (C=O) groups is 1. The maximum absolute atomic E-state index is 11.2. The van der Waals surface area contributed by atoms with E-state index in [1.807, 2.05) is 0 Å². The Kier molecular flexibility index (Phi) is 5.49. The number of aromatic hydroxyl groups is 1. The van der Waals surface area contributed by atoms with Gasteiger partial charge in [0.05, 0.1) is 19.4 Å². The summed E-state index contributed by atoms with van der Waals surface area (Å²) in [6.07, 6.45) is 2.92. The molecular weight excluding hydrogens is 310 g/mol. The van der Waals surface area contributed by atoms with Crippen molar-refractivity contribution in [2.75, 3.05) is 12.4 Å². The molecule has 0 radical (unpaired) electrons. The molecule has 0 aliphatic carbocycles. The van der Waals surface area contributed by atoms with Gasteiger partial charge in [0.25, 0.3) is 0 Å². The van der Waals surface area contributed by atoms with Gasteiger partial charge in [0.1, 0.15) is 17.2 Å². The topological polar surface area (TPSA) is 104 Å². The van der Waals surface area contributed by atoms with Crippen molar-refractivity contribution in [3.8, 4) is 11.5 Å². The Morgan fingerprint density at radius 2 is 2.21 bits per heavy atom. The minimum absolute atomic E-state index is 0.0396. The number of anilines is 1. The van der Waals surface area contributed by atoms with E-state index in [9.17, 15) is 15.0 Å². The molecule has 0 aliphatic rings. The number of aliphatic imine (C=N–C) groups is 1. The van der Waals surface area contributed by atoms with Crippen molar-refractivity contribution in [1.29, 1.82) is 0 Å². The fourth-order valence-electron chi connectivity index (χ4n) is 2.13. The average molecular weight is 329 g/mol. The van der Waals surface area contributed by atoms with Crippen molar-refractivity contribution in [1.82, 2.24) is 4.98 Å². The van der Waals surface area contributed by atoms with Crippen LogP contribution in [0.25, 0.3) is 0 Å². The molecule has 0 saturated carbocycles. The van der Waals surface area contributed by atoms with Crippen LogP contribution in [0.2, 0.25) is 0 Å². The van der Waals surface area contributed by atoms with Crippen LogP contribution >= 0.6 is 0 Å². The lowest BCUT2D eigenvalue weighted by Crippen LogP contribution is -2.05. The summed E-state index contributed by atoms with van der Waals surface area (Å²) in [6.45, 7) is 2.80. The van der Waals surface area contributed by atoms with Crippen molar-refractivity contribution < 1.29 is 19.7 Å². The van der Waals surface area contributed by atoms with Crippen LogP contribution < -0.4 is 10.1 Å². The van der Waals surface area contributed by atoms with Crippen LogP contribution in [0, 0.1) is 6.92 Å². The van der Waals surface area contributed by atoms with E-state index in [1.165, 1.54) is 26.4 Å². The number of nitrogens with one attached hydrogen (secondary N) is 1. The predicted molar refractivity (Wildman–Crippen MR) is 91.1 cm³/mol. The molecule has 1 heterocycles. The van der Waals surface area contributed by atoms with E-state index in [2.05, 4.69) is 15.3 Å². The zero-order valence-corrected chi connectivity index (χ0v) is 13.7. The standard InChI is InChI=1S/C17H19N3O4/c1-10-17(23)14(12(9-21)7-18-10)8-19-15-6-13(20-11(2)22)4-5-16(15)24-3/h4-8,21,23H,9H2,1-3H3,(H,20,22). The summed E-state index contributed by atoms with van der Waals surface area (Å²) in [7, 11) is 1.51. The van der Waals surface area contributed by atoms with E-state index in [-0.39, 0.29) is 18.3 Å². The lowest BCUT2D eigenvalue weighted by atomic mass is 10.1. The molecule has 1 aromatic heterocycles. The van der Waals surface area contributed by atoms with E-state index < -0.39 is 0 Å². The third kappa shape index (κ3) is 3.88. The van der Waals surface area contributed by atoms with Crippen molar-refractivity contribution in [2.45, 2.75) is 20.5 Å². The number of pyridine rings is 1. The number of aliphatic hydroxyl groups is 1. The molecule has 0 saturated heterocycles. The van der Waals surface area contributed by atoms with Gasteiger partial charge in [-0.1, -0.05) is 0 Å². The van der Waals surface area contributed by atoms with Crippen LogP contribution in [0.15, 0.2) is 29.4 Å². The first-order valence-corrected chi connectivity index (χ1v) is 7.24. The number of carbonyl (C=O) groups excluding carboxylic acids is 1. The first kappa shape index (κ1) is 17.4. The van der Waals surface area contributed by atoms with Crippen LogP contribution in [0.1, 0.15) is 23.7 Å². The van der Waals surface area contributed by atoms with Gasteiger partial charge in [0.15, 0.2) is 0 Å². The molecule has 126 valence electrons. The molecule has 2 aromatic rings. The molecule has 1 aromatic carbocycles. The second-order valence-electron chi connectivity index (χ2n) is 5.12. The number of benzene rings is 1. The summed E-state index contributed by atoms with van der Waals surface area (Å²) in [4.78, 5) is 19.5. The predicted octanol–water partition coefficient (Wildman–Crippen LogP) is 2.31. The monoisotopic (exact) mass is 329 g/mol. The molecule has 3 N–H and O–H groups in total. The highest BCUT2D eigenvalue weighted by Gasteiger charge is 2.10. The number of methoxy groups -OCH3 is 1. The Morgan fingerprint density at radius 1 is 1.46 bits per heavy atom. The first-order valence-electron chi connectivity index (χ1n) is 7.24. The molecule has 0 aliphatic heterocycles. The lowest BCUT2D eigenvalue weighted by molar-refractivity contribution is -0.114. The van der Waals surface area contributed by atoms with E-state index in [1.54, 1.807) is 25.1 Å². The van der Waals surface area contributed by atoms with Crippen LogP contribution in [-0.2, 0) is 11.4 Å². The smallest absolute Gasteiger partial charge is 0.221 e. The van der Waals surface area contributed by atoms with Gasteiger partial charge in [-0.25, -0.2) is 0 Å². The van der Waals surface area contributed by atoms with Gasteiger partial charge in [-0.2, -0.15) is 0 Å². The molecule has 2 rings (SSSR count). The SMILES string of the molecule is COc1ccc(NC(C)=O)cc1N=Cc1c(CO)cnc(C)c1O. The Morgan fingerprint density at radius 3 is 2.83 bits per heavy atom. The molecule has 0 fully saturated rings. The van der Waals surface area contributed by atoms with Gasteiger partial charge in [0, 0.05) is 36.1 Å². The number of hydrogen-bond donors (Lipinski definition) is 3. The Bertz CT molecular complexity index is 788. The van der Waals surface area contributed by atoms with E-state index in [4.69, 9.17) is 4.74 Å². The average Bonchev–Trinajstić information content (AvgIpc) is 2.55. The van der Waals surface area contributed by atoms with Crippen LogP contribution in [0.5, 0.6) is 11.5 Å². The van der Waals surface area contributed by atoms with E-state index >= 15 is 0 Å². The summed E-state index contributed by atoms with van der Waals surface area (Å²) < 4.78 is 5.25. The lowest BCUT2D eigenvalue weighted by Gasteiger charge is -2.09. The quantitative estimate of drug-likeness (QED) is 0.730. The maximum atomic E-state index is 11.2. The highest BCUT2D eigenvalue weighted by atomic mass is 16.5. The summed E-state index contributed by atoms with van der Waals surface area (Å²) in [5.41, 5.74) is 2.33. The van der Waals surface area contributed by atoms with Crippen LogP contribution in [-0.4, -0.2) is 34.4 Å². The van der Waals surface area contributed by atoms with Crippen molar-refractivity contribution >= 4 is 23.5 Å². The fraction of sp³-hybridized carbons (Fsp3) is 0.235. The fourth-order valence-corrected chi connectivity index (χ4v) is 2.13. The number of ether oxygens (including phenoxy) is 1. The summed E-state index contributed by atoms with van der Waals surface area (Å²) >= 11 is 0. The Balaban J connectivity index is 2.45. The minimum Gasteiger partial charge on any atom is -0.505 e. The first-order chi connectivity index (χ1) is 11.5. The molecule has 0 unspecified atom stereocenters. The van der Waals surface area contributed by atoms with Gasteiger partial charge in [0.2, 0.25) is 5.91 Å². The number of amides is 1. The number of nitrogens with zero attached hydrogens (tertiary/aromatic N) is 2. The third-order valence-electron chi connectivity index (χ3n) is 3.36. The van der Waals surface area contributed by atoms with Gasteiger partial charge in [-0.3, -0.25) is 14.8 Å². The highest BCUT2D eigenvalue weighted by molar-refractivity contribution is 5.91. The molecule has 0 spiro atoms. The molecule has 7 heteroatoms. The summed E-state index contributed by atoms with van der Waals surface area (Å²) in [5.74, 6) is 0.276. The number of aliphatic hydroxyl groups excluding tert-OH is 1. The minimum atomic E-state index is -0.273. The third-order valence-corrected chi connectivity index (χ3v) is 3.36. The number of aryl methyl sites for hydroxylation is 1. The van der Waals surface area contributed by atoms with Crippen LogP contribution in [0.3, 0.4) is 0 Å².